The third kappa shape index (κ3) is 4.53. The number of carboxylic acids is 1. The molecule has 0 saturated heterocycles. The van der Waals surface area contributed by atoms with Crippen molar-refractivity contribution in [3.8, 4) is 11.3 Å². The van der Waals surface area contributed by atoms with Gasteiger partial charge < -0.3 is 14.8 Å². The summed E-state index contributed by atoms with van der Waals surface area (Å²) in [6.45, 7) is -1.17. The molecule has 8 heteroatoms. The summed E-state index contributed by atoms with van der Waals surface area (Å²) < 4.78 is 17.9. The van der Waals surface area contributed by atoms with E-state index in [9.17, 15) is 14.0 Å². The SMILES string of the molecule is O=C(CCc1ncc(-c2ccccc2Cl)o1)NC(CF)C(=O)O. The first-order valence-corrected chi connectivity index (χ1v) is 7.16. The van der Waals surface area contributed by atoms with Gasteiger partial charge in [0.05, 0.1) is 11.2 Å². The maximum atomic E-state index is 12.4. The lowest BCUT2D eigenvalue weighted by molar-refractivity contribution is -0.142. The molecule has 122 valence electrons. The van der Waals surface area contributed by atoms with Crippen LogP contribution in [0.2, 0.25) is 5.02 Å². The molecule has 0 saturated carbocycles. The number of nitrogens with one attached hydrogen (secondary N) is 1. The molecule has 23 heavy (non-hydrogen) atoms. The van der Waals surface area contributed by atoms with E-state index in [1.165, 1.54) is 6.20 Å². The van der Waals surface area contributed by atoms with Gasteiger partial charge >= 0.3 is 5.97 Å². The van der Waals surface area contributed by atoms with E-state index >= 15 is 0 Å². The second kappa shape index (κ2) is 7.73. The van der Waals surface area contributed by atoms with E-state index in [0.29, 0.717) is 22.2 Å². The molecule has 2 N–H and O–H groups in total. The molecule has 1 heterocycles. The van der Waals surface area contributed by atoms with E-state index in [1.807, 2.05) is 0 Å². The van der Waals surface area contributed by atoms with Crippen molar-refractivity contribution in [2.75, 3.05) is 6.67 Å². The second-order valence-electron chi connectivity index (χ2n) is 4.71. The van der Waals surface area contributed by atoms with E-state index in [4.69, 9.17) is 21.1 Å². The van der Waals surface area contributed by atoms with Gasteiger partial charge in [0.15, 0.2) is 17.7 Å². The number of halogens is 2. The summed E-state index contributed by atoms with van der Waals surface area (Å²) in [5, 5.41) is 11.3. The first kappa shape index (κ1) is 17.0. The largest absolute Gasteiger partial charge is 0.480 e. The number of aliphatic carboxylic acids is 1. The number of aryl methyl sites for hydroxylation is 1. The van der Waals surface area contributed by atoms with Crippen molar-refractivity contribution >= 4 is 23.5 Å². The highest BCUT2D eigenvalue weighted by Crippen LogP contribution is 2.28. The molecule has 6 nitrogen and oxygen atoms in total. The van der Waals surface area contributed by atoms with Crippen LogP contribution >= 0.6 is 11.6 Å². The Morgan fingerprint density at radius 1 is 1.39 bits per heavy atom. The minimum atomic E-state index is -1.54. The number of alkyl halides is 1. The molecule has 1 aromatic carbocycles. The Morgan fingerprint density at radius 3 is 2.78 bits per heavy atom. The van der Waals surface area contributed by atoms with Gasteiger partial charge in [-0.1, -0.05) is 23.7 Å². The van der Waals surface area contributed by atoms with Gasteiger partial charge in [-0.2, -0.15) is 0 Å². The molecular formula is C15H14ClFN2O4. The summed E-state index contributed by atoms with van der Waals surface area (Å²) in [6, 6.07) is 5.55. The van der Waals surface area contributed by atoms with Crippen LogP contribution < -0.4 is 5.32 Å². The quantitative estimate of drug-likeness (QED) is 0.807. The van der Waals surface area contributed by atoms with Crippen LogP contribution in [0.5, 0.6) is 0 Å². The zero-order chi connectivity index (χ0) is 16.8. The van der Waals surface area contributed by atoms with E-state index in [2.05, 4.69) is 10.3 Å². The van der Waals surface area contributed by atoms with Crippen LogP contribution in [0, 0.1) is 0 Å². The summed E-state index contributed by atoms with van der Waals surface area (Å²) in [5.41, 5.74) is 0.681. The lowest BCUT2D eigenvalue weighted by Crippen LogP contribution is -2.42. The molecule has 1 amide bonds. The molecule has 0 aliphatic carbocycles. The number of hydrogen-bond acceptors (Lipinski definition) is 4. The average molecular weight is 341 g/mol. The standard InChI is InChI=1S/C15H14ClFN2O4/c16-10-4-2-1-3-9(10)12-8-18-14(23-12)6-5-13(20)19-11(7-17)15(21)22/h1-4,8,11H,5-7H2,(H,19,20)(H,21,22). The van der Waals surface area contributed by atoms with Gasteiger partial charge in [0.1, 0.15) is 6.67 Å². The molecule has 1 unspecified atom stereocenters. The third-order valence-electron chi connectivity index (χ3n) is 3.05. The van der Waals surface area contributed by atoms with Crippen molar-refractivity contribution in [2.24, 2.45) is 0 Å². The number of carbonyl (C=O) groups excluding carboxylic acids is 1. The summed E-state index contributed by atoms with van der Waals surface area (Å²) in [7, 11) is 0. The van der Waals surface area contributed by atoms with Crippen molar-refractivity contribution < 1.29 is 23.5 Å². The summed E-state index contributed by atoms with van der Waals surface area (Å²) in [5.74, 6) is -1.23. The highest BCUT2D eigenvalue weighted by Gasteiger charge is 2.19. The molecule has 2 aromatic rings. The number of nitrogens with zero attached hydrogens (tertiary/aromatic N) is 1. The van der Waals surface area contributed by atoms with E-state index in [-0.39, 0.29) is 12.8 Å². The number of aromatic nitrogens is 1. The second-order valence-corrected chi connectivity index (χ2v) is 5.12. The summed E-state index contributed by atoms with van der Waals surface area (Å²) >= 11 is 6.06. The molecular weight excluding hydrogens is 327 g/mol. The molecule has 2 rings (SSSR count). The molecule has 1 atom stereocenters. The highest BCUT2D eigenvalue weighted by atomic mass is 35.5. The Balaban J connectivity index is 1.94. The van der Waals surface area contributed by atoms with Crippen LogP contribution in [0.15, 0.2) is 34.9 Å². The number of oxazole rings is 1. The van der Waals surface area contributed by atoms with Crippen LogP contribution in [0.4, 0.5) is 4.39 Å². The number of amides is 1. The van der Waals surface area contributed by atoms with Crippen LogP contribution in [0.25, 0.3) is 11.3 Å². The first-order chi connectivity index (χ1) is 11.0. The smallest absolute Gasteiger partial charge is 0.328 e. The topological polar surface area (TPSA) is 92.4 Å². The fourth-order valence-corrected chi connectivity index (χ4v) is 2.09. The van der Waals surface area contributed by atoms with E-state index in [1.54, 1.807) is 24.3 Å². The van der Waals surface area contributed by atoms with E-state index < -0.39 is 24.6 Å². The van der Waals surface area contributed by atoms with Crippen molar-refractivity contribution in [3.05, 3.63) is 41.4 Å². The molecule has 0 bridgehead atoms. The Bertz CT molecular complexity index is 704. The fourth-order valence-electron chi connectivity index (χ4n) is 1.86. The van der Waals surface area contributed by atoms with Gasteiger partial charge in [-0.05, 0) is 12.1 Å². The number of benzene rings is 1. The average Bonchev–Trinajstić information content (AvgIpc) is 2.99. The predicted octanol–water partition coefficient (Wildman–Crippen LogP) is 2.47. The van der Waals surface area contributed by atoms with Crippen molar-refractivity contribution in [1.29, 1.82) is 0 Å². The minimum Gasteiger partial charge on any atom is -0.480 e. The normalized spacial score (nSPS) is 11.9. The van der Waals surface area contributed by atoms with Gasteiger partial charge in [-0.3, -0.25) is 4.79 Å². The van der Waals surface area contributed by atoms with Crippen LogP contribution in [-0.2, 0) is 16.0 Å². The maximum absolute atomic E-state index is 12.4. The molecule has 0 spiro atoms. The fraction of sp³-hybridized carbons (Fsp3) is 0.267. The number of rotatable bonds is 7. The maximum Gasteiger partial charge on any atom is 0.328 e. The molecule has 0 aliphatic heterocycles. The van der Waals surface area contributed by atoms with Crippen molar-refractivity contribution in [1.82, 2.24) is 10.3 Å². The van der Waals surface area contributed by atoms with Gasteiger partial charge in [0, 0.05) is 18.4 Å². The van der Waals surface area contributed by atoms with Crippen LogP contribution in [-0.4, -0.2) is 34.7 Å². The van der Waals surface area contributed by atoms with E-state index in [0.717, 1.165) is 0 Å². The zero-order valence-electron chi connectivity index (χ0n) is 12.0. The van der Waals surface area contributed by atoms with Gasteiger partial charge in [-0.15, -0.1) is 0 Å². The monoisotopic (exact) mass is 340 g/mol. The summed E-state index contributed by atoms with van der Waals surface area (Å²) in [4.78, 5) is 26.3. The number of carboxylic acid groups (broad SMARTS) is 1. The van der Waals surface area contributed by atoms with Crippen molar-refractivity contribution in [3.63, 3.8) is 0 Å². The first-order valence-electron chi connectivity index (χ1n) is 6.79. The van der Waals surface area contributed by atoms with Gasteiger partial charge in [-0.25, -0.2) is 14.2 Å². The molecule has 0 aliphatic rings. The van der Waals surface area contributed by atoms with Gasteiger partial charge in [0.2, 0.25) is 5.91 Å². The molecule has 0 fully saturated rings. The Labute approximate surface area is 136 Å². The number of hydrogen-bond donors (Lipinski definition) is 2. The zero-order valence-corrected chi connectivity index (χ0v) is 12.7. The van der Waals surface area contributed by atoms with Crippen molar-refractivity contribution in [2.45, 2.75) is 18.9 Å². The highest BCUT2D eigenvalue weighted by molar-refractivity contribution is 6.33. The van der Waals surface area contributed by atoms with Crippen LogP contribution in [0.3, 0.4) is 0 Å². The summed E-state index contributed by atoms with van der Waals surface area (Å²) in [6.07, 6.45) is 1.59. The van der Waals surface area contributed by atoms with Crippen LogP contribution in [0.1, 0.15) is 12.3 Å². The Hall–Kier alpha value is -2.41. The Morgan fingerprint density at radius 2 is 2.13 bits per heavy atom. The minimum absolute atomic E-state index is 0.0632. The van der Waals surface area contributed by atoms with Gasteiger partial charge in [0.25, 0.3) is 0 Å². The number of carbonyl (C=O) groups is 2. The molecule has 0 radical (unpaired) electrons. The lowest BCUT2D eigenvalue weighted by Gasteiger charge is -2.09. The third-order valence-corrected chi connectivity index (χ3v) is 3.38. The predicted molar refractivity (Wildman–Crippen MR) is 80.8 cm³/mol. The molecule has 1 aromatic heterocycles. The Kier molecular flexibility index (Phi) is 5.70. The lowest BCUT2D eigenvalue weighted by atomic mass is 10.2.